The van der Waals surface area contributed by atoms with Crippen LogP contribution in [0.2, 0.25) is 0 Å². The second-order valence-corrected chi connectivity index (χ2v) is 2.98. The number of hydrogen-bond acceptors (Lipinski definition) is 2. The van der Waals surface area contributed by atoms with Gasteiger partial charge in [0.05, 0.1) is 5.56 Å². The number of benzene rings is 1. The van der Waals surface area contributed by atoms with Gasteiger partial charge in [-0.25, -0.2) is 4.39 Å². The summed E-state index contributed by atoms with van der Waals surface area (Å²) in [6, 6.07) is 5.22. The Morgan fingerprint density at radius 1 is 1.58 bits per heavy atom. The Balaban J connectivity index is 3.25. The van der Waals surface area contributed by atoms with Crippen LogP contribution in [0.1, 0.15) is 10.4 Å². The molecule has 0 aliphatic rings. The molecule has 0 aromatic heterocycles. The third-order valence-corrected chi connectivity index (χ3v) is 1.77. The van der Waals surface area contributed by atoms with Crippen molar-refractivity contribution in [2.24, 2.45) is 0 Å². The van der Waals surface area contributed by atoms with Crippen molar-refractivity contribution in [1.29, 1.82) is 5.26 Å². The Bertz CT molecular complexity index is 370. The topological polar surface area (TPSA) is 40.9 Å². The number of nitriles is 1. The normalized spacial score (nSPS) is 9.08. The zero-order valence-corrected chi connectivity index (χ0v) is 7.43. The van der Waals surface area contributed by atoms with E-state index < -0.39 is 11.6 Å². The summed E-state index contributed by atoms with van der Waals surface area (Å²) in [7, 11) is 0. The van der Waals surface area contributed by atoms with E-state index in [1.165, 1.54) is 18.2 Å². The summed E-state index contributed by atoms with van der Waals surface area (Å²) in [5.41, 5.74) is -0.202. The van der Waals surface area contributed by atoms with E-state index in [1.54, 1.807) is 0 Å². The van der Waals surface area contributed by atoms with Gasteiger partial charge < -0.3 is 0 Å². The van der Waals surface area contributed by atoms with Crippen LogP contribution in [0.15, 0.2) is 22.7 Å². The first kappa shape index (κ1) is 8.88. The third kappa shape index (κ3) is 1.69. The molecule has 0 radical (unpaired) electrons. The Morgan fingerprint density at radius 2 is 2.25 bits per heavy atom. The predicted molar refractivity (Wildman–Crippen MR) is 44.0 cm³/mol. The first-order valence-corrected chi connectivity index (χ1v) is 3.84. The van der Waals surface area contributed by atoms with Gasteiger partial charge in [0, 0.05) is 4.47 Å². The van der Waals surface area contributed by atoms with E-state index in [9.17, 15) is 9.18 Å². The maximum atomic E-state index is 12.8. The number of carbonyl (C=O) groups excluding carboxylic acids is 1. The molecule has 0 aliphatic heterocycles. The summed E-state index contributed by atoms with van der Waals surface area (Å²) in [5.74, 6) is -1.54. The molecule has 2 nitrogen and oxygen atoms in total. The Morgan fingerprint density at radius 3 is 2.83 bits per heavy atom. The van der Waals surface area contributed by atoms with Crippen molar-refractivity contribution in [3.63, 3.8) is 0 Å². The first-order chi connectivity index (χ1) is 5.65. The van der Waals surface area contributed by atoms with Gasteiger partial charge >= 0.3 is 0 Å². The van der Waals surface area contributed by atoms with Gasteiger partial charge in [-0.1, -0.05) is 15.9 Å². The van der Waals surface area contributed by atoms with E-state index >= 15 is 0 Å². The smallest absolute Gasteiger partial charge is 0.265 e. The average Bonchev–Trinajstić information content (AvgIpc) is 2.08. The molecule has 60 valence electrons. The lowest BCUT2D eigenvalue weighted by Crippen LogP contribution is -1.98. The second-order valence-electron chi connectivity index (χ2n) is 2.07. The van der Waals surface area contributed by atoms with Crippen LogP contribution in [0.4, 0.5) is 4.39 Å². The largest absolute Gasteiger partial charge is 0.277 e. The van der Waals surface area contributed by atoms with E-state index in [-0.39, 0.29) is 5.56 Å². The lowest BCUT2D eigenvalue weighted by molar-refractivity contribution is 0.105. The monoisotopic (exact) mass is 227 g/mol. The van der Waals surface area contributed by atoms with Gasteiger partial charge in [-0.05, 0) is 18.2 Å². The molecule has 0 amide bonds. The van der Waals surface area contributed by atoms with Crippen LogP contribution in [-0.4, -0.2) is 5.78 Å². The fourth-order valence-electron chi connectivity index (χ4n) is 0.732. The molecule has 0 bridgehead atoms. The molecule has 4 heteroatoms. The van der Waals surface area contributed by atoms with E-state index in [0.717, 1.165) is 6.07 Å². The molecule has 0 heterocycles. The van der Waals surface area contributed by atoms with Crippen molar-refractivity contribution >= 4 is 21.7 Å². The zero-order valence-electron chi connectivity index (χ0n) is 5.84. The molecule has 12 heavy (non-hydrogen) atoms. The van der Waals surface area contributed by atoms with Crippen molar-refractivity contribution < 1.29 is 9.18 Å². The Labute approximate surface area is 76.7 Å². The van der Waals surface area contributed by atoms with E-state index in [4.69, 9.17) is 5.26 Å². The molecule has 0 N–H and O–H groups in total. The van der Waals surface area contributed by atoms with Gasteiger partial charge in [0.25, 0.3) is 5.78 Å². The second kappa shape index (κ2) is 3.46. The predicted octanol–water partition coefficient (Wildman–Crippen LogP) is 2.29. The fourth-order valence-corrected chi connectivity index (χ4v) is 1.09. The van der Waals surface area contributed by atoms with Crippen LogP contribution >= 0.6 is 15.9 Å². The molecule has 0 aliphatic carbocycles. The molecule has 0 atom stereocenters. The highest BCUT2D eigenvalue weighted by atomic mass is 79.9. The quantitative estimate of drug-likeness (QED) is 0.546. The van der Waals surface area contributed by atoms with Crippen LogP contribution < -0.4 is 0 Å². The van der Waals surface area contributed by atoms with Crippen LogP contribution in [0.3, 0.4) is 0 Å². The molecule has 0 saturated carbocycles. The number of carbonyl (C=O) groups is 1. The van der Waals surface area contributed by atoms with Crippen LogP contribution in [0.5, 0.6) is 0 Å². The number of rotatable bonds is 1. The van der Waals surface area contributed by atoms with Gasteiger partial charge in [-0.15, -0.1) is 0 Å². The van der Waals surface area contributed by atoms with E-state index in [2.05, 4.69) is 15.9 Å². The highest BCUT2D eigenvalue weighted by Gasteiger charge is 2.10. The molecule has 1 aromatic rings. The maximum absolute atomic E-state index is 12.8. The van der Waals surface area contributed by atoms with Gasteiger partial charge in [0.2, 0.25) is 0 Å². The van der Waals surface area contributed by atoms with Crippen LogP contribution in [-0.2, 0) is 0 Å². The molecule has 1 rings (SSSR count). The summed E-state index contributed by atoms with van der Waals surface area (Å²) >= 11 is 3.07. The van der Waals surface area contributed by atoms with Gasteiger partial charge in [0.1, 0.15) is 11.9 Å². The third-order valence-electron chi connectivity index (χ3n) is 1.27. The average molecular weight is 228 g/mol. The zero-order chi connectivity index (χ0) is 9.14. The van der Waals surface area contributed by atoms with Gasteiger partial charge in [0.15, 0.2) is 0 Å². The van der Waals surface area contributed by atoms with E-state index in [0.29, 0.717) is 4.47 Å². The van der Waals surface area contributed by atoms with Crippen molar-refractivity contribution in [1.82, 2.24) is 0 Å². The SMILES string of the molecule is N#CC(=O)c1cc(Br)ccc1F. The van der Waals surface area contributed by atoms with Crippen LogP contribution in [0.25, 0.3) is 0 Å². The van der Waals surface area contributed by atoms with Crippen LogP contribution in [0, 0.1) is 17.1 Å². The standard InChI is InChI=1S/C8H3BrFNO/c9-5-1-2-7(10)6(3-5)8(12)4-11/h1-3H. The fraction of sp³-hybridized carbons (Fsp3) is 0. The lowest BCUT2D eigenvalue weighted by atomic mass is 10.1. The highest BCUT2D eigenvalue weighted by molar-refractivity contribution is 9.10. The summed E-state index contributed by atoms with van der Waals surface area (Å²) < 4.78 is 13.4. The Kier molecular flexibility index (Phi) is 2.56. The summed E-state index contributed by atoms with van der Waals surface area (Å²) in [6.45, 7) is 0. The van der Waals surface area contributed by atoms with Crippen molar-refractivity contribution in [3.05, 3.63) is 34.1 Å². The number of ketones is 1. The molecule has 0 fully saturated rings. The molecule has 0 saturated heterocycles. The lowest BCUT2D eigenvalue weighted by Gasteiger charge is -1.95. The molecule has 1 aromatic carbocycles. The summed E-state index contributed by atoms with van der Waals surface area (Å²) in [4.78, 5) is 10.8. The number of nitrogens with zero attached hydrogens (tertiary/aromatic N) is 1. The van der Waals surface area contributed by atoms with Crippen molar-refractivity contribution in [3.8, 4) is 6.07 Å². The minimum absolute atomic E-state index is 0.202. The molecular formula is C8H3BrFNO. The minimum atomic E-state index is -0.867. The summed E-state index contributed by atoms with van der Waals surface area (Å²) in [6.07, 6.45) is 0. The maximum Gasteiger partial charge on any atom is 0.265 e. The van der Waals surface area contributed by atoms with Crippen molar-refractivity contribution in [2.75, 3.05) is 0 Å². The highest BCUT2D eigenvalue weighted by Crippen LogP contribution is 2.15. The van der Waals surface area contributed by atoms with E-state index in [1.807, 2.05) is 0 Å². The molecule has 0 unspecified atom stereocenters. The number of halogens is 2. The number of Topliss-reactive ketones (excluding diaryl/α,β-unsaturated/α-hetero) is 1. The first-order valence-electron chi connectivity index (χ1n) is 3.04. The van der Waals surface area contributed by atoms with Gasteiger partial charge in [-0.2, -0.15) is 5.26 Å². The molecular weight excluding hydrogens is 225 g/mol. The minimum Gasteiger partial charge on any atom is -0.277 e. The van der Waals surface area contributed by atoms with Gasteiger partial charge in [-0.3, -0.25) is 4.79 Å². The Hall–Kier alpha value is -1.21. The summed E-state index contributed by atoms with van der Waals surface area (Å²) in [5, 5.41) is 8.22. The van der Waals surface area contributed by atoms with Crippen molar-refractivity contribution in [2.45, 2.75) is 0 Å². The number of hydrogen-bond donors (Lipinski definition) is 0. The molecule has 0 spiro atoms.